The molecular formula is C14H20N2O4. The van der Waals surface area contributed by atoms with E-state index in [1.54, 1.807) is 24.3 Å². The maximum atomic E-state index is 11.8. The molecule has 0 saturated carbocycles. The average molecular weight is 280 g/mol. The third kappa shape index (κ3) is 6.42. The van der Waals surface area contributed by atoms with Crippen molar-refractivity contribution in [1.82, 2.24) is 0 Å². The quantitative estimate of drug-likeness (QED) is 0.516. The molecule has 0 bridgehead atoms. The third-order valence-corrected chi connectivity index (χ3v) is 2.39. The largest absolute Gasteiger partial charge is 0.378 e. The van der Waals surface area contributed by atoms with E-state index in [1.807, 2.05) is 0 Å². The molecule has 0 aromatic heterocycles. The molecule has 1 amide bonds. The van der Waals surface area contributed by atoms with Crippen molar-refractivity contribution in [3.63, 3.8) is 0 Å². The Labute approximate surface area is 118 Å². The van der Waals surface area contributed by atoms with Gasteiger partial charge in [-0.2, -0.15) is 0 Å². The van der Waals surface area contributed by atoms with Crippen molar-refractivity contribution in [2.75, 3.05) is 38.3 Å². The minimum absolute atomic E-state index is 0.00543. The number of hydrogen-bond donors (Lipinski definition) is 2. The fourth-order valence-electron chi connectivity index (χ4n) is 1.49. The highest BCUT2D eigenvalue weighted by molar-refractivity contribution is 5.97. The fourth-order valence-corrected chi connectivity index (χ4v) is 1.49. The lowest BCUT2D eigenvalue weighted by atomic mass is 10.1. The van der Waals surface area contributed by atoms with Crippen LogP contribution in [0.4, 0.5) is 5.69 Å². The molecule has 0 saturated heterocycles. The normalized spacial score (nSPS) is 10.3. The lowest BCUT2D eigenvalue weighted by molar-refractivity contribution is -0.114. The number of rotatable bonds is 9. The lowest BCUT2D eigenvalue weighted by Crippen LogP contribution is -2.15. The highest BCUT2D eigenvalue weighted by Gasteiger charge is 2.06. The number of nitrogens with two attached hydrogens (primary N) is 1. The Bertz CT molecular complexity index is 431. The Hall–Kier alpha value is -1.76. The van der Waals surface area contributed by atoms with Crippen molar-refractivity contribution in [2.45, 2.75) is 6.92 Å². The summed E-state index contributed by atoms with van der Waals surface area (Å²) in [5, 5.41) is 2.63. The summed E-state index contributed by atoms with van der Waals surface area (Å²) < 4.78 is 10.3. The number of anilines is 1. The van der Waals surface area contributed by atoms with Gasteiger partial charge in [0.15, 0.2) is 5.78 Å². The van der Waals surface area contributed by atoms with E-state index in [1.165, 1.54) is 6.92 Å². The molecule has 6 heteroatoms. The van der Waals surface area contributed by atoms with E-state index in [4.69, 9.17) is 15.2 Å². The second kappa shape index (κ2) is 9.19. The number of hydrogen-bond acceptors (Lipinski definition) is 5. The van der Waals surface area contributed by atoms with Crippen LogP contribution in [0, 0.1) is 0 Å². The third-order valence-electron chi connectivity index (χ3n) is 2.39. The van der Waals surface area contributed by atoms with E-state index in [0.717, 1.165) is 0 Å². The molecule has 110 valence electrons. The van der Waals surface area contributed by atoms with E-state index in [0.29, 0.717) is 37.6 Å². The van der Waals surface area contributed by atoms with Gasteiger partial charge in [-0.3, -0.25) is 9.59 Å². The monoisotopic (exact) mass is 280 g/mol. The van der Waals surface area contributed by atoms with Gasteiger partial charge in [-0.15, -0.1) is 0 Å². The number of Topliss-reactive ketones (excluding diaryl/α,β-unsaturated/α-hetero) is 1. The summed E-state index contributed by atoms with van der Waals surface area (Å²) in [7, 11) is 0. The molecule has 1 rings (SSSR count). The highest BCUT2D eigenvalue weighted by Crippen LogP contribution is 2.10. The smallest absolute Gasteiger partial charge is 0.221 e. The van der Waals surface area contributed by atoms with Gasteiger partial charge in [0.1, 0.15) is 6.61 Å². The van der Waals surface area contributed by atoms with Crippen LogP contribution in [0.2, 0.25) is 0 Å². The Morgan fingerprint density at radius 1 is 1.10 bits per heavy atom. The molecule has 1 aromatic carbocycles. The Morgan fingerprint density at radius 2 is 1.75 bits per heavy atom. The zero-order valence-corrected chi connectivity index (χ0v) is 11.6. The molecule has 0 spiro atoms. The SMILES string of the molecule is CC(=O)Nc1ccc(C(=O)COCCOCCN)cc1. The summed E-state index contributed by atoms with van der Waals surface area (Å²) in [5.74, 6) is -0.261. The molecule has 1 aromatic rings. The number of carbonyl (C=O) groups excluding carboxylic acids is 2. The van der Waals surface area contributed by atoms with Crippen LogP contribution in [0.1, 0.15) is 17.3 Å². The van der Waals surface area contributed by atoms with Gasteiger partial charge >= 0.3 is 0 Å². The Balaban J connectivity index is 2.30. The topological polar surface area (TPSA) is 90.7 Å². The van der Waals surface area contributed by atoms with Crippen LogP contribution in [0.5, 0.6) is 0 Å². The molecule has 0 aliphatic carbocycles. The molecule has 0 aliphatic rings. The second-order valence-electron chi connectivity index (χ2n) is 4.14. The molecule has 3 N–H and O–H groups in total. The van der Waals surface area contributed by atoms with Gasteiger partial charge in [-0.1, -0.05) is 0 Å². The maximum absolute atomic E-state index is 11.8. The summed E-state index contributed by atoms with van der Waals surface area (Å²) >= 11 is 0. The molecule has 0 unspecified atom stereocenters. The van der Waals surface area contributed by atoms with Crippen LogP contribution >= 0.6 is 0 Å². The van der Waals surface area contributed by atoms with Crippen molar-refractivity contribution in [3.05, 3.63) is 29.8 Å². The van der Waals surface area contributed by atoms with Crippen molar-refractivity contribution in [1.29, 1.82) is 0 Å². The minimum atomic E-state index is -0.148. The van der Waals surface area contributed by atoms with Gasteiger partial charge < -0.3 is 20.5 Å². The van der Waals surface area contributed by atoms with Crippen LogP contribution in [0.25, 0.3) is 0 Å². The molecule has 0 aliphatic heterocycles. The zero-order chi connectivity index (χ0) is 14.8. The van der Waals surface area contributed by atoms with Crippen molar-refractivity contribution >= 4 is 17.4 Å². The number of amides is 1. The molecule has 0 atom stereocenters. The highest BCUT2D eigenvalue weighted by atomic mass is 16.5. The van der Waals surface area contributed by atoms with Crippen LogP contribution < -0.4 is 11.1 Å². The van der Waals surface area contributed by atoms with Crippen LogP contribution in [0.3, 0.4) is 0 Å². The van der Waals surface area contributed by atoms with E-state index >= 15 is 0 Å². The summed E-state index contributed by atoms with van der Waals surface area (Å²) in [5.41, 5.74) is 6.46. The molecule has 0 fully saturated rings. The molecule has 6 nitrogen and oxygen atoms in total. The van der Waals surface area contributed by atoms with Gasteiger partial charge in [0.2, 0.25) is 5.91 Å². The first-order valence-electron chi connectivity index (χ1n) is 6.40. The van der Waals surface area contributed by atoms with Gasteiger partial charge in [-0.05, 0) is 24.3 Å². The Morgan fingerprint density at radius 3 is 2.35 bits per heavy atom. The molecule has 0 radical (unpaired) electrons. The zero-order valence-electron chi connectivity index (χ0n) is 11.6. The van der Waals surface area contributed by atoms with Crippen molar-refractivity contribution in [3.8, 4) is 0 Å². The van der Waals surface area contributed by atoms with Crippen molar-refractivity contribution < 1.29 is 19.1 Å². The summed E-state index contributed by atoms with van der Waals surface area (Å²) in [6.07, 6.45) is 0. The van der Waals surface area contributed by atoms with Gasteiger partial charge in [0.25, 0.3) is 0 Å². The van der Waals surface area contributed by atoms with Crippen molar-refractivity contribution in [2.24, 2.45) is 5.73 Å². The van der Waals surface area contributed by atoms with Crippen LogP contribution in [-0.4, -0.2) is 44.7 Å². The summed E-state index contributed by atoms with van der Waals surface area (Å²) in [6.45, 7) is 3.17. The van der Waals surface area contributed by atoms with Gasteiger partial charge in [-0.25, -0.2) is 0 Å². The summed E-state index contributed by atoms with van der Waals surface area (Å²) in [6, 6.07) is 6.67. The number of carbonyl (C=O) groups is 2. The number of ether oxygens (including phenoxy) is 2. The number of ketones is 1. The number of benzene rings is 1. The van der Waals surface area contributed by atoms with Gasteiger partial charge in [0.05, 0.1) is 19.8 Å². The average Bonchev–Trinajstić information content (AvgIpc) is 2.42. The fraction of sp³-hybridized carbons (Fsp3) is 0.429. The minimum Gasteiger partial charge on any atom is -0.378 e. The second-order valence-corrected chi connectivity index (χ2v) is 4.14. The van der Waals surface area contributed by atoms with E-state index < -0.39 is 0 Å². The predicted octanol–water partition coefficient (Wildman–Crippen LogP) is 0.820. The van der Waals surface area contributed by atoms with E-state index in [-0.39, 0.29) is 18.3 Å². The molecule has 0 heterocycles. The summed E-state index contributed by atoms with van der Waals surface area (Å²) in [4.78, 5) is 22.7. The van der Waals surface area contributed by atoms with Crippen LogP contribution in [0.15, 0.2) is 24.3 Å². The number of nitrogens with one attached hydrogen (secondary N) is 1. The van der Waals surface area contributed by atoms with Crippen LogP contribution in [-0.2, 0) is 14.3 Å². The first-order chi connectivity index (χ1) is 9.63. The maximum Gasteiger partial charge on any atom is 0.221 e. The molecular weight excluding hydrogens is 260 g/mol. The standard InChI is InChI=1S/C14H20N2O4/c1-11(17)16-13-4-2-12(3-5-13)14(18)10-20-9-8-19-7-6-15/h2-5H,6-10,15H2,1H3,(H,16,17). The van der Waals surface area contributed by atoms with E-state index in [2.05, 4.69) is 5.32 Å². The van der Waals surface area contributed by atoms with Gasteiger partial charge in [0, 0.05) is 24.7 Å². The lowest BCUT2D eigenvalue weighted by Gasteiger charge is -2.06. The predicted molar refractivity (Wildman–Crippen MR) is 75.8 cm³/mol. The first kappa shape index (κ1) is 16.3. The first-order valence-corrected chi connectivity index (χ1v) is 6.40. The Kier molecular flexibility index (Phi) is 7.49. The van der Waals surface area contributed by atoms with E-state index in [9.17, 15) is 9.59 Å². The molecule has 20 heavy (non-hydrogen) atoms.